The van der Waals surface area contributed by atoms with E-state index in [9.17, 15) is 0 Å². The van der Waals surface area contributed by atoms with Gasteiger partial charge in [-0.05, 0) is 19.3 Å². The molecule has 0 aromatic carbocycles. The normalized spacial score (nSPS) is 30.5. The van der Waals surface area contributed by atoms with Crippen LogP contribution in [-0.4, -0.2) is 18.9 Å². The molecule has 1 saturated heterocycles. The number of ether oxygens (including phenoxy) is 1. The highest BCUT2D eigenvalue weighted by atomic mass is 35.5. The van der Waals surface area contributed by atoms with Crippen LogP contribution in [0.1, 0.15) is 27.2 Å². The largest absolute Gasteiger partial charge is 0.360 e. The number of halogens is 1. The number of nitrogens with one attached hydrogen (secondary N) is 1. The summed E-state index contributed by atoms with van der Waals surface area (Å²) in [6, 6.07) is 0. The molecule has 3 heteroatoms. The Morgan fingerprint density at radius 3 is 2.55 bits per heavy atom. The Morgan fingerprint density at radius 2 is 2.18 bits per heavy atom. The van der Waals surface area contributed by atoms with Crippen LogP contribution in [0, 0.1) is 5.92 Å². The fraction of sp³-hybridized carbons (Fsp3) is 1.00. The Balaban J connectivity index is 0.000001000. The highest BCUT2D eigenvalue weighted by molar-refractivity contribution is 5.85. The van der Waals surface area contributed by atoms with Crippen LogP contribution >= 0.6 is 12.4 Å². The molecule has 0 aromatic rings. The third-order valence-corrected chi connectivity index (χ3v) is 1.82. The van der Waals surface area contributed by atoms with Crippen molar-refractivity contribution in [2.75, 3.05) is 13.2 Å². The monoisotopic (exact) mass is 179 g/mol. The summed E-state index contributed by atoms with van der Waals surface area (Å²) in [6.45, 7) is 8.43. The Morgan fingerprint density at radius 1 is 1.55 bits per heavy atom. The van der Waals surface area contributed by atoms with Gasteiger partial charge in [0.25, 0.3) is 0 Å². The van der Waals surface area contributed by atoms with E-state index >= 15 is 0 Å². The van der Waals surface area contributed by atoms with Crippen molar-refractivity contribution in [1.29, 1.82) is 0 Å². The minimum absolute atomic E-state index is 0. The lowest BCUT2D eigenvalue weighted by atomic mass is 10.0. The molecule has 0 saturated carbocycles. The van der Waals surface area contributed by atoms with E-state index in [1.807, 2.05) is 0 Å². The SMILES string of the molecule is CC(C)CC1(C)NCCO1.Cl. The van der Waals surface area contributed by atoms with Crippen molar-refractivity contribution in [2.45, 2.75) is 32.9 Å². The molecular weight excluding hydrogens is 162 g/mol. The zero-order chi connectivity index (χ0) is 7.61. The van der Waals surface area contributed by atoms with Gasteiger partial charge >= 0.3 is 0 Å². The van der Waals surface area contributed by atoms with Crippen LogP contribution in [0.3, 0.4) is 0 Å². The van der Waals surface area contributed by atoms with Gasteiger partial charge in [0, 0.05) is 6.54 Å². The lowest BCUT2D eigenvalue weighted by Gasteiger charge is -2.25. The van der Waals surface area contributed by atoms with Gasteiger partial charge in [0.15, 0.2) is 0 Å². The topological polar surface area (TPSA) is 21.3 Å². The zero-order valence-corrected chi connectivity index (χ0v) is 8.33. The van der Waals surface area contributed by atoms with Crippen molar-refractivity contribution in [2.24, 2.45) is 5.92 Å². The van der Waals surface area contributed by atoms with Crippen LogP contribution < -0.4 is 5.32 Å². The van der Waals surface area contributed by atoms with Crippen LogP contribution in [0.2, 0.25) is 0 Å². The quantitative estimate of drug-likeness (QED) is 0.698. The lowest BCUT2D eigenvalue weighted by Crippen LogP contribution is -2.38. The predicted molar refractivity (Wildman–Crippen MR) is 49.1 cm³/mol. The van der Waals surface area contributed by atoms with Crippen molar-refractivity contribution in [3.05, 3.63) is 0 Å². The molecule has 1 N–H and O–H groups in total. The van der Waals surface area contributed by atoms with Gasteiger partial charge < -0.3 is 4.74 Å². The second-order valence-corrected chi connectivity index (χ2v) is 3.60. The van der Waals surface area contributed by atoms with Crippen molar-refractivity contribution in [3.8, 4) is 0 Å². The van der Waals surface area contributed by atoms with E-state index in [1.54, 1.807) is 0 Å². The first-order valence-corrected chi connectivity index (χ1v) is 4.01. The first-order chi connectivity index (χ1) is 4.62. The molecule has 1 heterocycles. The molecule has 0 bridgehead atoms. The minimum atomic E-state index is -0.0336. The standard InChI is InChI=1S/C8H17NO.ClH/c1-7(2)6-8(3)9-4-5-10-8;/h7,9H,4-6H2,1-3H3;1H. The second kappa shape index (κ2) is 4.29. The Bertz CT molecular complexity index is 111. The maximum absolute atomic E-state index is 5.54. The highest BCUT2D eigenvalue weighted by Gasteiger charge is 2.29. The molecule has 0 aliphatic carbocycles. The van der Waals surface area contributed by atoms with E-state index in [4.69, 9.17) is 4.74 Å². The van der Waals surface area contributed by atoms with Crippen molar-refractivity contribution >= 4 is 12.4 Å². The zero-order valence-electron chi connectivity index (χ0n) is 7.52. The summed E-state index contributed by atoms with van der Waals surface area (Å²) >= 11 is 0. The van der Waals surface area contributed by atoms with Gasteiger partial charge in [0.2, 0.25) is 0 Å². The first kappa shape index (κ1) is 11.2. The first-order valence-electron chi connectivity index (χ1n) is 4.01. The summed E-state index contributed by atoms with van der Waals surface area (Å²) in [5.41, 5.74) is -0.0336. The Hall–Kier alpha value is 0.210. The summed E-state index contributed by atoms with van der Waals surface area (Å²) in [4.78, 5) is 0. The van der Waals surface area contributed by atoms with Gasteiger partial charge in [0.1, 0.15) is 5.72 Å². The predicted octanol–water partition coefficient (Wildman–Crippen LogP) is 1.79. The molecule has 2 nitrogen and oxygen atoms in total. The summed E-state index contributed by atoms with van der Waals surface area (Å²) in [7, 11) is 0. The maximum Gasteiger partial charge on any atom is 0.116 e. The summed E-state index contributed by atoms with van der Waals surface area (Å²) in [5.74, 6) is 0.704. The summed E-state index contributed by atoms with van der Waals surface area (Å²) < 4.78 is 5.54. The van der Waals surface area contributed by atoms with Gasteiger partial charge in [-0.25, -0.2) is 0 Å². The average molecular weight is 180 g/mol. The van der Waals surface area contributed by atoms with E-state index < -0.39 is 0 Å². The van der Waals surface area contributed by atoms with E-state index in [0.29, 0.717) is 5.92 Å². The molecule has 0 amide bonds. The molecule has 1 aliphatic rings. The van der Waals surface area contributed by atoms with Gasteiger partial charge in [0.05, 0.1) is 6.61 Å². The highest BCUT2D eigenvalue weighted by Crippen LogP contribution is 2.20. The summed E-state index contributed by atoms with van der Waals surface area (Å²) in [6.07, 6.45) is 1.10. The van der Waals surface area contributed by atoms with E-state index in [-0.39, 0.29) is 18.1 Å². The molecule has 0 aromatic heterocycles. The number of rotatable bonds is 2. The maximum atomic E-state index is 5.54. The van der Waals surface area contributed by atoms with Gasteiger partial charge in [-0.2, -0.15) is 0 Å². The van der Waals surface area contributed by atoms with Gasteiger partial charge in [-0.1, -0.05) is 13.8 Å². The molecule has 68 valence electrons. The smallest absolute Gasteiger partial charge is 0.116 e. The van der Waals surface area contributed by atoms with E-state index in [1.165, 1.54) is 0 Å². The second-order valence-electron chi connectivity index (χ2n) is 3.60. The molecule has 1 aliphatic heterocycles. The van der Waals surface area contributed by atoms with Gasteiger partial charge in [-0.3, -0.25) is 5.32 Å². The van der Waals surface area contributed by atoms with Crippen LogP contribution in [-0.2, 0) is 4.74 Å². The third-order valence-electron chi connectivity index (χ3n) is 1.82. The van der Waals surface area contributed by atoms with Crippen LogP contribution in [0.5, 0.6) is 0 Å². The van der Waals surface area contributed by atoms with E-state index in [0.717, 1.165) is 19.6 Å². The van der Waals surface area contributed by atoms with E-state index in [2.05, 4.69) is 26.1 Å². The fourth-order valence-electron chi connectivity index (χ4n) is 1.55. The number of hydrogen-bond donors (Lipinski definition) is 1. The molecule has 0 radical (unpaired) electrons. The molecular formula is C8H18ClNO. The lowest BCUT2D eigenvalue weighted by molar-refractivity contribution is -0.00991. The minimum Gasteiger partial charge on any atom is -0.360 e. The number of hydrogen-bond acceptors (Lipinski definition) is 2. The Kier molecular flexibility index (Phi) is 4.37. The van der Waals surface area contributed by atoms with Crippen LogP contribution in [0.4, 0.5) is 0 Å². The molecule has 1 atom stereocenters. The van der Waals surface area contributed by atoms with Crippen molar-refractivity contribution in [1.82, 2.24) is 5.32 Å². The average Bonchev–Trinajstić information content (AvgIpc) is 2.12. The van der Waals surface area contributed by atoms with Crippen molar-refractivity contribution < 1.29 is 4.74 Å². The molecule has 0 spiro atoms. The van der Waals surface area contributed by atoms with Crippen LogP contribution in [0.25, 0.3) is 0 Å². The van der Waals surface area contributed by atoms with Gasteiger partial charge in [-0.15, -0.1) is 12.4 Å². The van der Waals surface area contributed by atoms with Crippen LogP contribution in [0.15, 0.2) is 0 Å². The Labute approximate surface area is 75.1 Å². The molecule has 1 unspecified atom stereocenters. The molecule has 11 heavy (non-hydrogen) atoms. The molecule has 1 fully saturated rings. The third kappa shape index (κ3) is 3.41. The van der Waals surface area contributed by atoms with Crippen molar-refractivity contribution in [3.63, 3.8) is 0 Å². The fourth-order valence-corrected chi connectivity index (χ4v) is 1.55. The molecule has 1 rings (SSSR count). The summed E-state index contributed by atoms with van der Waals surface area (Å²) in [5, 5.41) is 3.34.